The predicted octanol–water partition coefficient (Wildman–Crippen LogP) is 2.63. The Bertz CT molecular complexity index is 580. The van der Waals surface area contributed by atoms with E-state index in [0.717, 1.165) is 22.7 Å². The molecule has 2 N–H and O–H groups in total. The second-order valence-electron chi connectivity index (χ2n) is 4.60. The summed E-state index contributed by atoms with van der Waals surface area (Å²) < 4.78 is 7.19. The number of aryl methyl sites for hydroxylation is 2. The van der Waals surface area contributed by atoms with E-state index in [2.05, 4.69) is 5.10 Å². The second-order valence-corrected chi connectivity index (χ2v) is 5.03. The van der Waals surface area contributed by atoms with Gasteiger partial charge in [0, 0.05) is 35.8 Å². The van der Waals surface area contributed by atoms with Gasteiger partial charge in [0.15, 0.2) is 0 Å². The summed E-state index contributed by atoms with van der Waals surface area (Å²) in [5.41, 5.74) is 9.31. The first-order chi connectivity index (χ1) is 9.01. The maximum absolute atomic E-state index is 6.27. The van der Waals surface area contributed by atoms with Gasteiger partial charge in [0.25, 0.3) is 0 Å². The van der Waals surface area contributed by atoms with Crippen LogP contribution in [0.4, 0.5) is 0 Å². The zero-order chi connectivity index (χ0) is 14.0. The van der Waals surface area contributed by atoms with Gasteiger partial charge >= 0.3 is 0 Å². The first kappa shape index (κ1) is 13.9. The minimum absolute atomic E-state index is 0.151. The molecule has 0 aliphatic carbocycles. The molecule has 0 spiro atoms. The minimum Gasteiger partial charge on any atom is -0.496 e. The van der Waals surface area contributed by atoms with Crippen LogP contribution in [0.2, 0.25) is 5.02 Å². The number of benzene rings is 1. The van der Waals surface area contributed by atoms with Crippen LogP contribution in [0.1, 0.15) is 23.0 Å². The third kappa shape index (κ3) is 3.08. The molecule has 0 saturated carbocycles. The van der Waals surface area contributed by atoms with Crippen LogP contribution in [0.5, 0.6) is 5.75 Å². The predicted molar refractivity (Wildman–Crippen MR) is 76.6 cm³/mol. The van der Waals surface area contributed by atoms with Crippen molar-refractivity contribution in [1.82, 2.24) is 9.78 Å². The topological polar surface area (TPSA) is 53.1 Å². The molecule has 2 aromatic rings. The van der Waals surface area contributed by atoms with Crippen molar-refractivity contribution < 1.29 is 4.74 Å². The molecule has 1 aromatic carbocycles. The molecule has 0 amide bonds. The van der Waals surface area contributed by atoms with E-state index in [1.54, 1.807) is 13.2 Å². The summed E-state index contributed by atoms with van der Waals surface area (Å²) >= 11 is 5.95. The molecule has 0 bridgehead atoms. The second kappa shape index (κ2) is 5.63. The van der Waals surface area contributed by atoms with Gasteiger partial charge in [-0.3, -0.25) is 4.68 Å². The fourth-order valence-corrected chi connectivity index (χ4v) is 2.34. The summed E-state index contributed by atoms with van der Waals surface area (Å²) in [6, 6.07) is 7.41. The van der Waals surface area contributed by atoms with E-state index >= 15 is 0 Å². The van der Waals surface area contributed by atoms with Crippen molar-refractivity contribution in [3.8, 4) is 5.75 Å². The molecule has 1 atom stereocenters. The Hall–Kier alpha value is -1.52. The van der Waals surface area contributed by atoms with E-state index in [9.17, 15) is 0 Å². The van der Waals surface area contributed by atoms with Crippen LogP contribution < -0.4 is 10.5 Å². The molecule has 0 radical (unpaired) electrons. The van der Waals surface area contributed by atoms with Gasteiger partial charge in [0.05, 0.1) is 12.8 Å². The van der Waals surface area contributed by atoms with Crippen molar-refractivity contribution >= 4 is 11.6 Å². The van der Waals surface area contributed by atoms with Gasteiger partial charge in [0.2, 0.25) is 0 Å². The number of aromatic nitrogens is 2. The van der Waals surface area contributed by atoms with Gasteiger partial charge in [-0.25, -0.2) is 0 Å². The summed E-state index contributed by atoms with van der Waals surface area (Å²) in [5, 5.41) is 4.97. The van der Waals surface area contributed by atoms with Crippen molar-refractivity contribution in [3.05, 3.63) is 46.2 Å². The van der Waals surface area contributed by atoms with Gasteiger partial charge in [-0.05, 0) is 25.1 Å². The van der Waals surface area contributed by atoms with Crippen LogP contribution in [0.3, 0.4) is 0 Å². The fourth-order valence-electron chi connectivity index (χ4n) is 2.18. The SMILES string of the molecule is COc1cc(Cl)ccc1C(N)Cc1cc(C)nn1C. The van der Waals surface area contributed by atoms with Gasteiger partial charge in [-0.15, -0.1) is 0 Å². The molecule has 0 fully saturated rings. The molecule has 2 rings (SSSR count). The van der Waals surface area contributed by atoms with Crippen LogP contribution in [0.25, 0.3) is 0 Å². The van der Waals surface area contributed by atoms with Crippen molar-refractivity contribution in [2.75, 3.05) is 7.11 Å². The summed E-state index contributed by atoms with van der Waals surface area (Å²) in [4.78, 5) is 0. The average molecular weight is 280 g/mol. The first-order valence-corrected chi connectivity index (χ1v) is 6.47. The first-order valence-electron chi connectivity index (χ1n) is 6.09. The van der Waals surface area contributed by atoms with Crippen LogP contribution >= 0.6 is 11.6 Å². The molecule has 102 valence electrons. The number of hydrogen-bond donors (Lipinski definition) is 1. The molecule has 1 unspecified atom stereocenters. The van der Waals surface area contributed by atoms with E-state index in [0.29, 0.717) is 11.4 Å². The van der Waals surface area contributed by atoms with Crippen molar-refractivity contribution in [1.29, 1.82) is 0 Å². The summed E-state index contributed by atoms with van der Waals surface area (Å²) in [5.74, 6) is 0.721. The molecular weight excluding hydrogens is 262 g/mol. The van der Waals surface area contributed by atoms with E-state index in [1.165, 1.54) is 0 Å². The average Bonchev–Trinajstić information content (AvgIpc) is 2.67. The van der Waals surface area contributed by atoms with E-state index in [-0.39, 0.29) is 6.04 Å². The zero-order valence-corrected chi connectivity index (χ0v) is 12.1. The minimum atomic E-state index is -0.151. The Morgan fingerprint density at radius 2 is 2.16 bits per heavy atom. The lowest BCUT2D eigenvalue weighted by Crippen LogP contribution is -2.16. The fraction of sp³-hybridized carbons (Fsp3) is 0.357. The number of halogens is 1. The maximum Gasteiger partial charge on any atom is 0.125 e. The number of ether oxygens (including phenoxy) is 1. The number of hydrogen-bond acceptors (Lipinski definition) is 3. The molecule has 19 heavy (non-hydrogen) atoms. The quantitative estimate of drug-likeness (QED) is 0.936. The van der Waals surface area contributed by atoms with Crippen LogP contribution in [0, 0.1) is 6.92 Å². The number of rotatable bonds is 4. The van der Waals surface area contributed by atoms with Crippen LogP contribution in [-0.4, -0.2) is 16.9 Å². The molecule has 0 aliphatic heterocycles. The van der Waals surface area contributed by atoms with Crippen molar-refractivity contribution in [2.24, 2.45) is 12.8 Å². The molecule has 0 saturated heterocycles. The number of methoxy groups -OCH3 is 1. The smallest absolute Gasteiger partial charge is 0.125 e. The van der Waals surface area contributed by atoms with E-state index in [4.69, 9.17) is 22.1 Å². The van der Waals surface area contributed by atoms with Gasteiger partial charge in [0.1, 0.15) is 5.75 Å². The molecule has 5 heteroatoms. The highest BCUT2D eigenvalue weighted by atomic mass is 35.5. The lowest BCUT2D eigenvalue weighted by molar-refractivity contribution is 0.405. The summed E-state index contributed by atoms with van der Waals surface area (Å²) in [7, 11) is 3.55. The third-order valence-electron chi connectivity index (χ3n) is 3.12. The lowest BCUT2D eigenvalue weighted by atomic mass is 10.0. The standard InChI is InChI=1S/C14H18ClN3O/c1-9-6-11(18(2)17-9)8-13(16)12-5-4-10(15)7-14(12)19-3/h4-7,13H,8,16H2,1-3H3. The normalized spacial score (nSPS) is 12.5. The van der Waals surface area contributed by atoms with Gasteiger partial charge < -0.3 is 10.5 Å². The van der Waals surface area contributed by atoms with Crippen LogP contribution in [-0.2, 0) is 13.5 Å². The summed E-state index contributed by atoms with van der Waals surface area (Å²) in [6.45, 7) is 1.97. The molecule has 4 nitrogen and oxygen atoms in total. The Labute approximate surface area is 118 Å². The molecule has 0 aliphatic rings. The third-order valence-corrected chi connectivity index (χ3v) is 3.36. The Morgan fingerprint density at radius 3 is 2.74 bits per heavy atom. The molecule has 1 heterocycles. The summed E-state index contributed by atoms with van der Waals surface area (Å²) in [6.07, 6.45) is 0.704. The lowest BCUT2D eigenvalue weighted by Gasteiger charge is -2.16. The highest BCUT2D eigenvalue weighted by Crippen LogP contribution is 2.29. The Morgan fingerprint density at radius 1 is 1.42 bits per heavy atom. The van der Waals surface area contributed by atoms with Crippen molar-refractivity contribution in [3.63, 3.8) is 0 Å². The number of nitrogens with two attached hydrogens (primary N) is 1. The van der Waals surface area contributed by atoms with E-state index < -0.39 is 0 Å². The molecule has 1 aromatic heterocycles. The molecular formula is C14H18ClN3O. The van der Waals surface area contributed by atoms with E-state index in [1.807, 2.05) is 36.9 Å². The highest BCUT2D eigenvalue weighted by molar-refractivity contribution is 6.30. The Kier molecular flexibility index (Phi) is 4.12. The van der Waals surface area contributed by atoms with Crippen LogP contribution in [0.15, 0.2) is 24.3 Å². The maximum atomic E-state index is 6.27. The Balaban J connectivity index is 2.24. The van der Waals surface area contributed by atoms with Crippen molar-refractivity contribution in [2.45, 2.75) is 19.4 Å². The number of nitrogens with zero attached hydrogens (tertiary/aromatic N) is 2. The largest absolute Gasteiger partial charge is 0.496 e. The zero-order valence-electron chi connectivity index (χ0n) is 11.4. The van der Waals surface area contributed by atoms with Gasteiger partial charge in [-0.2, -0.15) is 5.10 Å². The monoisotopic (exact) mass is 279 g/mol. The highest BCUT2D eigenvalue weighted by Gasteiger charge is 2.15. The van der Waals surface area contributed by atoms with Gasteiger partial charge in [-0.1, -0.05) is 17.7 Å².